The summed E-state index contributed by atoms with van der Waals surface area (Å²) < 4.78 is 138. The van der Waals surface area contributed by atoms with Crippen LogP contribution in [0.1, 0.15) is 29.5 Å². The number of aliphatic hydroxyl groups is 2. The number of esters is 1. The van der Waals surface area contributed by atoms with E-state index < -0.39 is 66.0 Å². The first-order valence-electron chi connectivity index (χ1n) is 14.1. The summed E-state index contributed by atoms with van der Waals surface area (Å²) in [7, 11) is -16.2. The van der Waals surface area contributed by atoms with Crippen molar-refractivity contribution in [1.29, 1.82) is 0 Å². The van der Waals surface area contributed by atoms with E-state index in [0.29, 0.717) is 6.61 Å². The maximum atomic E-state index is 12.2. The molecule has 0 fully saturated rings. The zero-order valence-corrected chi connectivity index (χ0v) is 36.3. The Labute approximate surface area is 360 Å². The van der Waals surface area contributed by atoms with E-state index in [2.05, 4.69) is 35.9 Å². The van der Waals surface area contributed by atoms with Crippen LogP contribution < -0.4 is 59.1 Å². The monoisotopic (exact) mass is 872 g/mol. The molecule has 0 aliphatic heterocycles. The topological polar surface area (TPSA) is 304 Å². The Kier molecular flexibility index (Phi) is 34.0. The normalized spacial score (nSPS) is 10.7. The van der Waals surface area contributed by atoms with Crippen LogP contribution in [0.2, 0.25) is 0 Å². The summed E-state index contributed by atoms with van der Waals surface area (Å²) in [4.78, 5) is 19.5. The zero-order valence-electron chi connectivity index (χ0n) is 29.8. The fourth-order valence-electron chi connectivity index (χ4n) is 2.76. The van der Waals surface area contributed by atoms with Gasteiger partial charge in [0.25, 0.3) is 10.1 Å². The van der Waals surface area contributed by atoms with Crippen LogP contribution in [0.4, 0.5) is 17.6 Å². The summed E-state index contributed by atoms with van der Waals surface area (Å²) in [6.45, 7) is 2.69. The molecule has 0 aliphatic rings. The first kappa shape index (κ1) is 62.1. The number of alkyl halides is 4. The van der Waals surface area contributed by atoms with Crippen molar-refractivity contribution < 1.29 is 151 Å². The molecule has 16 nitrogen and oxygen atoms in total. The summed E-state index contributed by atoms with van der Waals surface area (Å²) in [5.41, 5.74) is 3.64. The summed E-state index contributed by atoms with van der Waals surface area (Å²) >= 11 is 0. The van der Waals surface area contributed by atoms with Crippen LogP contribution in [-0.2, 0) is 51.1 Å². The second kappa shape index (κ2) is 30.1. The van der Waals surface area contributed by atoms with Gasteiger partial charge in [-0.2, -0.15) is 26.0 Å². The minimum absolute atomic E-state index is 0. The molecular formula is C30H38F4Na2O16S3. The molecule has 0 aliphatic carbocycles. The van der Waals surface area contributed by atoms with E-state index in [1.54, 1.807) is 12.1 Å². The van der Waals surface area contributed by atoms with E-state index in [9.17, 15) is 61.5 Å². The van der Waals surface area contributed by atoms with E-state index in [4.69, 9.17) is 19.9 Å². The molecule has 55 heavy (non-hydrogen) atoms. The quantitative estimate of drug-likeness (QED) is 0.0474. The number of carboxylic acid groups (broad SMARTS) is 1. The molecule has 0 amide bonds. The molecule has 0 unspecified atom stereocenters. The molecule has 302 valence electrons. The number of aliphatic carboxylic acids is 1. The minimum Gasteiger partial charge on any atom is -0.743 e. The van der Waals surface area contributed by atoms with Gasteiger partial charge in [-0.05, 0) is 50.8 Å². The van der Waals surface area contributed by atoms with Gasteiger partial charge in [0.15, 0.2) is 20.2 Å². The van der Waals surface area contributed by atoms with Crippen LogP contribution in [0, 0.1) is 13.8 Å². The Balaban J connectivity index is -0.000000189. The van der Waals surface area contributed by atoms with Crippen molar-refractivity contribution in [3.63, 3.8) is 0 Å². The molecule has 0 heterocycles. The van der Waals surface area contributed by atoms with Crippen LogP contribution in [0.5, 0.6) is 0 Å². The molecule has 0 saturated heterocycles. The first-order valence-corrected chi connectivity index (χ1v) is 18.4. The molecule has 0 saturated carbocycles. The molecule has 3 aromatic carbocycles. The standard InChI is InChI=1S/C10H14O.C7H8O3S.C7H8.C4H6F2O6S.C2H2F2O5S.2Na.H2O/c11-9-5-4-8-10-6-2-1-3-7-10;1-6-2-4-7(5-3-6)11(8,9)10;1-7-5-3-2-4-6-7;5-4(6,13(9,10)11)3(8)12-2-1-7;3-2(4,1(5)6)10(7,8)9;;;/h1-3,6-7,11H,4-5,8-9H2;2-5H,1H3,(H,8,9,10);2-6H,1H3;7H,1-2H2,(H,9,10,11);(H,5,6)(H,7,8,9);;;1H2/q;;;;;2*+1;/p-2. The third-order valence-electron chi connectivity index (χ3n) is 5.41. The van der Waals surface area contributed by atoms with Crippen LogP contribution in [0.3, 0.4) is 0 Å². The van der Waals surface area contributed by atoms with Gasteiger partial charge in [-0.25, -0.2) is 26.4 Å². The Morgan fingerprint density at radius 2 is 1.07 bits per heavy atom. The van der Waals surface area contributed by atoms with Crippen molar-refractivity contribution >= 4 is 42.3 Å². The van der Waals surface area contributed by atoms with Crippen molar-refractivity contribution in [2.75, 3.05) is 19.8 Å². The Hall–Kier alpha value is -2.07. The average molecular weight is 873 g/mol. The number of carbonyl (C=O) groups is 2. The van der Waals surface area contributed by atoms with Gasteiger partial charge < -0.3 is 34.6 Å². The number of carbonyl (C=O) groups excluding carboxylic acids is 1. The number of aliphatic hydroxyl groups excluding tert-OH is 2. The maximum absolute atomic E-state index is 12.2. The van der Waals surface area contributed by atoms with Crippen molar-refractivity contribution in [1.82, 2.24) is 0 Å². The number of carboxylic acids is 1. The predicted octanol–water partition coefficient (Wildman–Crippen LogP) is -3.71. The number of ether oxygens (including phenoxy) is 1. The molecule has 6 N–H and O–H groups in total. The van der Waals surface area contributed by atoms with Gasteiger partial charge in [0.2, 0.25) is 0 Å². The Morgan fingerprint density at radius 3 is 1.36 bits per heavy atom. The smallest absolute Gasteiger partial charge is 0.743 e. The van der Waals surface area contributed by atoms with Crippen molar-refractivity contribution in [2.45, 2.75) is 48.5 Å². The van der Waals surface area contributed by atoms with Gasteiger partial charge in [0.1, 0.15) is 6.61 Å². The zero-order chi connectivity index (χ0) is 40.8. The van der Waals surface area contributed by atoms with Gasteiger partial charge >= 0.3 is 81.6 Å². The molecule has 3 aromatic rings. The average Bonchev–Trinajstić information content (AvgIpc) is 3.04. The van der Waals surface area contributed by atoms with Crippen LogP contribution in [0.25, 0.3) is 0 Å². The van der Waals surface area contributed by atoms with Crippen LogP contribution in [0.15, 0.2) is 89.8 Å². The minimum atomic E-state index is -6.08. The van der Waals surface area contributed by atoms with Gasteiger partial charge in [-0.15, -0.1) is 0 Å². The number of rotatable bonds is 11. The summed E-state index contributed by atoms with van der Waals surface area (Å²) in [6.07, 6.45) is 3.08. The number of hydrogen-bond donors (Lipinski definition) is 4. The number of hydrogen-bond acceptors (Lipinski definition) is 13. The first-order chi connectivity index (χ1) is 23.7. The molecule has 0 aromatic heterocycles. The molecular weight excluding hydrogens is 834 g/mol. The molecule has 0 bridgehead atoms. The predicted molar refractivity (Wildman–Crippen MR) is 177 cm³/mol. The van der Waals surface area contributed by atoms with Crippen molar-refractivity contribution in [2.24, 2.45) is 0 Å². The summed E-state index contributed by atoms with van der Waals surface area (Å²) in [5.74, 6) is -5.46. The van der Waals surface area contributed by atoms with Gasteiger partial charge in [0.05, 0.1) is 11.5 Å². The molecule has 0 radical (unpaired) electrons. The molecule has 25 heteroatoms. The fraction of sp³-hybridized carbons (Fsp3) is 0.333. The number of halogens is 4. The third-order valence-corrected chi connectivity index (χ3v) is 7.88. The fourth-order valence-corrected chi connectivity index (χ4v) is 3.72. The molecule has 0 atom stereocenters. The van der Waals surface area contributed by atoms with Crippen LogP contribution >= 0.6 is 0 Å². The van der Waals surface area contributed by atoms with E-state index in [1.165, 1.54) is 23.3 Å². The Bertz CT molecular complexity index is 1820. The van der Waals surface area contributed by atoms with Gasteiger partial charge in [0, 0.05) is 6.61 Å². The molecule has 0 spiro atoms. The largest absolute Gasteiger partial charge is 1.00 e. The van der Waals surface area contributed by atoms with E-state index in [0.717, 1.165) is 24.8 Å². The summed E-state index contributed by atoms with van der Waals surface area (Å²) in [5, 5.41) is 13.7. The number of aryl methyl sites for hydroxylation is 3. The second-order valence-electron chi connectivity index (χ2n) is 9.72. The van der Waals surface area contributed by atoms with E-state index in [-0.39, 0.29) is 69.5 Å². The number of benzene rings is 3. The second-order valence-corrected chi connectivity index (χ2v) is 14.0. The summed E-state index contributed by atoms with van der Waals surface area (Å²) in [6, 6.07) is 26.6. The van der Waals surface area contributed by atoms with E-state index >= 15 is 0 Å². The van der Waals surface area contributed by atoms with Gasteiger partial charge in [-0.3, -0.25) is 4.55 Å². The van der Waals surface area contributed by atoms with Gasteiger partial charge in [-0.1, -0.05) is 83.9 Å². The Morgan fingerprint density at radius 1 is 0.673 bits per heavy atom. The molecule has 3 rings (SSSR count). The third kappa shape index (κ3) is 27.2. The number of unbranched alkanes of at least 4 members (excludes halogenated alkanes) is 1. The van der Waals surface area contributed by atoms with Crippen LogP contribution in [-0.4, -0.2) is 102 Å². The van der Waals surface area contributed by atoms with Crippen molar-refractivity contribution in [3.8, 4) is 0 Å². The SMILES string of the molecule is Cc1ccc(S(=O)(=O)O)cc1.Cc1ccccc1.O.O=C(O)C(F)(F)S(=O)(=O)[O-].O=C(OCCO)C(F)(F)S(=O)(=O)[O-].OCCCCc1ccccc1.[Na+].[Na+]. The maximum Gasteiger partial charge on any atom is 1.00 e. The van der Waals surface area contributed by atoms with Crippen molar-refractivity contribution in [3.05, 3.63) is 102 Å². The van der Waals surface area contributed by atoms with E-state index in [1.807, 2.05) is 43.3 Å².